The van der Waals surface area contributed by atoms with Gasteiger partial charge in [0.1, 0.15) is 12.1 Å². The maximum atomic E-state index is 10.9. The van der Waals surface area contributed by atoms with Gasteiger partial charge in [0.15, 0.2) is 0 Å². The van der Waals surface area contributed by atoms with E-state index in [0.29, 0.717) is 5.56 Å². The van der Waals surface area contributed by atoms with E-state index in [4.69, 9.17) is 4.84 Å². The van der Waals surface area contributed by atoms with Crippen LogP contribution in [0.2, 0.25) is 0 Å². The highest BCUT2D eigenvalue weighted by molar-refractivity contribution is 5.50. The zero-order valence-electron chi connectivity index (χ0n) is 11.4. The van der Waals surface area contributed by atoms with Crippen LogP contribution in [0.4, 0.5) is 10.5 Å². The van der Waals surface area contributed by atoms with Crippen molar-refractivity contribution in [2.24, 2.45) is 0 Å². The number of nitrogens with one attached hydrogen (secondary N) is 1. The van der Waals surface area contributed by atoms with Crippen LogP contribution in [-0.2, 0) is 11.4 Å². The van der Waals surface area contributed by atoms with E-state index in [-0.39, 0.29) is 29.8 Å². The fraction of sp³-hybridized carbons (Fsp3) is 0.417. The van der Waals surface area contributed by atoms with Crippen LogP contribution in [0, 0.1) is 10.1 Å². The van der Waals surface area contributed by atoms with Gasteiger partial charge >= 0.3 is 0 Å². The second kappa shape index (κ2) is 7.18. The minimum Gasteiger partial charge on any atom is -1.00 e. The lowest BCUT2D eigenvalue weighted by atomic mass is 10.1. The molecule has 0 bridgehead atoms. The molecule has 0 radical (unpaired) electrons. The average molecular weight is 304 g/mol. The molecule has 0 aliphatic heterocycles. The number of hydroxylamine groups is 2. The van der Waals surface area contributed by atoms with E-state index in [1.807, 2.05) is 0 Å². The van der Waals surface area contributed by atoms with Gasteiger partial charge in [0.2, 0.25) is 0 Å². The number of nitrogens with zero attached hydrogens (tertiary/aromatic N) is 1. The Morgan fingerprint density at radius 1 is 1.30 bits per heavy atom. The van der Waals surface area contributed by atoms with Crippen molar-refractivity contribution >= 4 is 11.8 Å². The van der Waals surface area contributed by atoms with Gasteiger partial charge in [-0.15, -0.1) is 5.06 Å². The molecule has 0 aliphatic carbocycles. The Balaban J connectivity index is 0.00000361. The van der Waals surface area contributed by atoms with Gasteiger partial charge in [-0.2, -0.15) is 4.84 Å². The Morgan fingerprint density at radius 2 is 1.80 bits per heavy atom. The van der Waals surface area contributed by atoms with Gasteiger partial charge in [-0.25, -0.2) is 0 Å². The van der Waals surface area contributed by atoms with Crippen LogP contribution in [0.15, 0.2) is 24.3 Å². The molecule has 1 atom stereocenters. The molecule has 0 spiro atoms. The number of carboxylic acid groups (broad SMARTS) is 1. The number of hydrogen-bond acceptors (Lipinski definition) is 5. The predicted molar refractivity (Wildman–Crippen MR) is 64.0 cm³/mol. The van der Waals surface area contributed by atoms with Gasteiger partial charge in [0.05, 0.1) is 4.92 Å². The second-order valence-electron chi connectivity index (χ2n) is 5.08. The van der Waals surface area contributed by atoms with E-state index in [2.05, 4.69) is 0 Å². The second-order valence-corrected chi connectivity index (χ2v) is 5.08. The molecule has 1 unspecified atom stereocenters. The molecule has 1 amide bonds. The number of hydrogen-bond donors (Lipinski definition) is 1. The molecule has 0 aliphatic rings. The van der Waals surface area contributed by atoms with Crippen molar-refractivity contribution in [2.75, 3.05) is 0 Å². The number of amides is 1. The van der Waals surface area contributed by atoms with Crippen LogP contribution >= 0.6 is 0 Å². The minimum atomic E-state index is -1.35. The number of carbonyl (C=O) groups excluding carboxylic acids is 1. The lowest BCUT2D eigenvalue weighted by Gasteiger charge is -2.28. The Hall–Kier alpha value is -1.70. The van der Waals surface area contributed by atoms with Crippen molar-refractivity contribution in [3.05, 3.63) is 39.9 Å². The van der Waals surface area contributed by atoms with Crippen molar-refractivity contribution in [2.45, 2.75) is 32.9 Å². The number of rotatable bonds is 4. The predicted octanol–water partition coefficient (Wildman–Crippen LogP) is -2.94. The number of nitro benzene ring substituents is 1. The average Bonchev–Trinajstić information content (AvgIpc) is 2.27. The highest BCUT2D eigenvalue weighted by atomic mass is 35.5. The Kier molecular flexibility index (Phi) is 6.57. The SMILES string of the molecule is CC(C)(C)[NH+](OCc1ccc([N+](=O)[O-])cc1)C(=O)[O-].[Cl-]. The normalized spacial score (nSPS) is 12.3. The molecule has 0 heterocycles. The lowest BCUT2D eigenvalue weighted by molar-refractivity contribution is -1.08. The molecule has 8 heteroatoms. The van der Waals surface area contributed by atoms with E-state index < -0.39 is 16.6 Å². The van der Waals surface area contributed by atoms with Gasteiger partial charge in [-0.1, -0.05) is 0 Å². The monoisotopic (exact) mass is 303 g/mol. The molecule has 0 saturated heterocycles. The lowest BCUT2D eigenvalue weighted by Crippen LogP contribution is -3.22. The first-order chi connectivity index (χ1) is 8.71. The third-order valence-electron chi connectivity index (χ3n) is 2.40. The van der Waals surface area contributed by atoms with Gasteiger partial charge < -0.3 is 22.3 Å². The third kappa shape index (κ3) is 5.12. The maximum absolute atomic E-state index is 10.9. The number of non-ortho nitro benzene ring substituents is 1. The van der Waals surface area contributed by atoms with E-state index >= 15 is 0 Å². The number of carbonyl (C=O) groups is 1. The molecule has 0 aromatic heterocycles. The molecular weight excluding hydrogens is 288 g/mol. The van der Waals surface area contributed by atoms with E-state index in [1.54, 1.807) is 20.8 Å². The van der Waals surface area contributed by atoms with Crippen molar-refractivity contribution < 1.29 is 37.1 Å². The van der Waals surface area contributed by atoms with Crippen molar-refractivity contribution in [3.8, 4) is 0 Å². The van der Waals surface area contributed by atoms with Crippen LogP contribution in [0.3, 0.4) is 0 Å². The summed E-state index contributed by atoms with van der Waals surface area (Å²) in [6, 6.07) is 5.73. The van der Waals surface area contributed by atoms with E-state index in [1.165, 1.54) is 24.3 Å². The van der Waals surface area contributed by atoms with E-state index in [0.717, 1.165) is 0 Å². The fourth-order valence-corrected chi connectivity index (χ4v) is 1.45. The van der Waals surface area contributed by atoms with Gasteiger partial charge in [0.25, 0.3) is 11.8 Å². The van der Waals surface area contributed by atoms with Crippen LogP contribution in [-0.4, -0.2) is 16.6 Å². The first-order valence-corrected chi connectivity index (χ1v) is 5.66. The Morgan fingerprint density at radius 3 is 2.15 bits per heavy atom. The summed E-state index contributed by atoms with van der Waals surface area (Å²) in [5, 5.41) is 21.3. The Bertz CT molecular complexity index is 470. The summed E-state index contributed by atoms with van der Waals surface area (Å²) in [7, 11) is 0. The number of nitro groups is 1. The highest BCUT2D eigenvalue weighted by Crippen LogP contribution is 2.12. The zero-order valence-corrected chi connectivity index (χ0v) is 12.1. The van der Waals surface area contributed by atoms with Gasteiger partial charge in [0, 0.05) is 12.1 Å². The third-order valence-corrected chi connectivity index (χ3v) is 2.40. The molecule has 112 valence electrons. The van der Waals surface area contributed by atoms with Crippen LogP contribution in [0.1, 0.15) is 26.3 Å². The molecule has 0 saturated carbocycles. The minimum absolute atomic E-state index is 0. The van der Waals surface area contributed by atoms with Crippen molar-refractivity contribution in [1.29, 1.82) is 0 Å². The highest BCUT2D eigenvalue weighted by Gasteiger charge is 2.29. The zero-order chi connectivity index (χ0) is 14.6. The summed E-state index contributed by atoms with van der Waals surface area (Å²) < 4.78 is 0. The molecule has 1 aromatic rings. The number of halogens is 1. The molecule has 1 rings (SSSR count). The van der Waals surface area contributed by atoms with Crippen LogP contribution in [0.5, 0.6) is 0 Å². The molecular formula is C12H16ClN2O5-. The molecule has 0 fully saturated rings. The molecule has 1 N–H and O–H groups in total. The Labute approximate surface area is 122 Å². The van der Waals surface area contributed by atoms with Crippen LogP contribution < -0.4 is 22.6 Å². The molecule has 7 nitrogen and oxygen atoms in total. The summed E-state index contributed by atoms with van der Waals surface area (Å²) in [5.41, 5.74) is -0.0446. The quantitative estimate of drug-likeness (QED) is 0.474. The smallest absolute Gasteiger partial charge is 0.290 e. The summed E-state index contributed by atoms with van der Waals surface area (Å²) >= 11 is 0. The van der Waals surface area contributed by atoms with Gasteiger partial charge in [-0.3, -0.25) is 10.1 Å². The fourth-order valence-electron chi connectivity index (χ4n) is 1.45. The first-order valence-electron chi connectivity index (χ1n) is 5.66. The largest absolute Gasteiger partial charge is 1.00 e. The van der Waals surface area contributed by atoms with Crippen LogP contribution in [0.25, 0.3) is 0 Å². The summed E-state index contributed by atoms with van der Waals surface area (Å²) in [6.45, 7) is 5.13. The number of benzene rings is 1. The standard InChI is InChI=1S/C12H16N2O5.ClH/c1-12(2,3)13(11(15)16)19-8-9-4-6-10(7-5-9)14(17)18;/h4-7H,8H2,1-3H3,(H,15,16);1H/p-1. The van der Waals surface area contributed by atoms with Crippen molar-refractivity contribution in [1.82, 2.24) is 0 Å². The summed E-state index contributed by atoms with van der Waals surface area (Å²) in [6.07, 6.45) is -1.35. The topological polar surface area (TPSA) is 96.9 Å². The summed E-state index contributed by atoms with van der Waals surface area (Å²) in [4.78, 5) is 26.2. The van der Waals surface area contributed by atoms with E-state index in [9.17, 15) is 20.0 Å². The summed E-state index contributed by atoms with van der Waals surface area (Å²) in [5.74, 6) is 0. The van der Waals surface area contributed by atoms with Crippen molar-refractivity contribution in [3.63, 3.8) is 0 Å². The first kappa shape index (κ1) is 18.3. The molecule has 20 heavy (non-hydrogen) atoms. The maximum Gasteiger partial charge on any atom is 0.290 e. The van der Waals surface area contributed by atoms with Gasteiger partial charge in [-0.05, 0) is 38.5 Å². The number of quaternary nitrogens is 1. The molecule has 1 aromatic carbocycles.